The zero-order chi connectivity index (χ0) is 24.5. The van der Waals surface area contributed by atoms with Gasteiger partial charge in [-0.05, 0) is 62.1 Å². The van der Waals surface area contributed by atoms with Crippen molar-refractivity contribution < 1.29 is 28.2 Å². The van der Waals surface area contributed by atoms with Crippen LogP contribution in [0.15, 0.2) is 63.4 Å². The predicted molar refractivity (Wildman–Crippen MR) is 126 cm³/mol. The highest BCUT2D eigenvalue weighted by atomic mass is 16.5. The monoisotopic (exact) mass is 465 g/mol. The van der Waals surface area contributed by atoms with Crippen molar-refractivity contribution in [1.82, 2.24) is 5.32 Å². The zero-order valence-corrected chi connectivity index (χ0v) is 20.3. The van der Waals surface area contributed by atoms with Gasteiger partial charge in [0.15, 0.2) is 5.78 Å². The fourth-order valence-electron chi connectivity index (χ4n) is 4.65. The summed E-state index contributed by atoms with van der Waals surface area (Å²) < 4.78 is 22.5. The molecule has 4 rings (SSSR count). The van der Waals surface area contributed by atoms with Crippen molar-refractivity contribution >= 4 is 11.8 Å². The highest BCUT2D eigenvalue weighted by Gasteiger charge is 2.44. The maximum absolute atomic E-state index is 13.3. The lowest BCUT2D eigenvalue weighted by molar-refractivity contribution is -0.138. The van der Waals surface area contributed by atoms with Gasteiger partial charge in [0.25, 0.3) is 0 Å². The van der Waals surface area contributed by atoms with E-state index in [1.54, 1.807) is 14.0 Å². The average Bonchev–Trinajstić information content (AvgIpc) is 3.25. The summed E-state index contributed by atoms with van der Waals surface area (Å²) in [6.45, 7) is 8.21. The molecule has 1 atom stereocenters. The molecule has 0 saturated heterocycles. The number of rotatable bonds is 7. The number of ketones is 1. The summed E-state index contributed by atoms with van der Waals surface area (Å²) in [5, 5.41) is 3.32. The van der Waals surface area contributed by atoms with Crippen LogP contribution in [0.3, 0.4) is 0 Å². The van der Waals surface area contributed by atoms with Crippen LogP contribution < -0.4 is 14.8 Å². The summed E-state index contributed by atoms with van der Waals surface area (Å²) in [5.41, 5.74) is 2.37. The lowest BCUT2D eigenvalue weighted by Gasteiger charge is -2.38. The van der Waals surface area contributed by atoms with Gasteiger partial charge in [-0.15, -0.1) is 0 Å². The second kappa shape index (κ2) is 9.41. The number of nitrogens with one attached hydrogen (secondary N) is 1. The standard InChI is InChI=1S/C27H31NO6/c1-6-32-26(30)23-16(2)28-20-13-27(3,4)14-21(29)24(20)25(23)22-12-11-19(34-22)15-33-18-9-7-17(31-5)8-10-18/h7-12,25,28H,6,13-15H2,1-5H3/t25-/m1/s1. The number of furan rings is 1. The molecular weight excluding hydrogens is 434 g/mol. The van der Waals surface area contributed by atoms with Crippen LogP contribution in [0.25, 0.3) is 0 Å². The van der Waals surface area contributed by atoms with E-state index in [2.05, 4.69) is 19.2 Å². The van der Waals surface area contributed by atoms with E-state index in [-0.39, 0.29) is 24.4 Å². The minimum Gasteiger partial charge on any atom is -0.497 e. The van der Waals surface area contributed by atoms with Crippen molar-refractivity contribution in [3.05, 3.63) is 70.5 Å². The minimum absolute atomic E-state index is 0.0190. The molecule has 0 amide bonds. The Morgan fingerprint density at radius 1 is 1.12 bits per heavy atom. The molecule has 0 bridgehead atoms. The quantitative estimate of drug-likeness (QED) is 0.574. The van der Waals surface area contributed by atoms with Crippen molar-refractivity contribution in [3.8, 4) is 11.5 Å². The smallest absolute Gasteiger partial charge is 0.336 e. The molecule has 1 N–H and O–H groups in total. The number of dihydropyridines is 1. The third kappa shape index (κ3) is 4.74. The number of esters is 1. The lowest BCUT2D eigenvalue weighted by Crippen LogP contribution is -2.38. The van der Waals surface area contributed by atoms with Crippen LogP contribution in [0, 0.1) is 5.41 Å². The Kier molecular flexibility index (Phi) is 6.55. The number of carbonyl (C=O) groups excluding carboxylic acids is 2. The Bertz CT molecular complexity index is 1150. The van der Waals surface area contributed by atoms with Gasteiger partial charge >= 0.3 is 5.97 Å². The van der Waals surface area contributed by atoms with Gasteiger partial charge in [-0.3, -0.25) is 4.79 Å². The van der Waals surface area contributed by atoms with E-state index < -0.39 is 11.9 Å². The number of hydrogen-bond acceptors (Lipinski definition) is 7. The SMILES string of the molecule is CCOC(=O)C1=C(C)NC2=C(C(=O)CC(C)(C)C2)[C@@H]1c1ccc(COc2ccc(OC)cc2)o1. The van der Waals surface area contributed by atoms with Gasteiger partial charge < -0.3 is 23.9 Å². The summed E-state index contributed by atoms with van der Waals surface area (Å²) in [4.78, 5) is 26.2. The van der Waals surface area contributed by atoms with Crippen LogP contribution in [0.4, 0.5) is 0 Å². The molecule has 1 aliphatic carbocycles. The first-order chi connectivity index (χ1) is 16.2. The highest BCUT2D eigenvalue weighted by molar-refractivity contribution is 6.04. The molecule has 7 nitrogen and oxygen atoms in total. The topological polar surface area (TPSA) is 87.0 Å². The van der Waals surface area contributed by atoms with Crippen molar-refractivity contribution in [2.24, 2.45) is 5.41 Å². The third-order valence-electron chi connectivity index (χ3n) is 6.14. The first kappa shape index (κ1) is 23.7. The summed E-state index contributed by atoms with van der Waals surface area (Å²) >= 11 is 0. The van der Waals surface area contributed by atoms with E-state index >= 15 is 0 Å². The Morgan fingerprint density at radius 3 is 2.50 bits per heavy atom. The molecule has 2 aromatic rings. The molecule has 1 aromatic heterocycles. The maximum Gasteiger partial charge on any atom is 0.336 e. The van der Waals surface area contributed by atoms with Gasteiger partial charge in [0.1, 0.15) is 29.6 Å². The van der Waals surface area contributed by atoms with Gasteiger partial charge in [0, 0.05) is 23.4 Å². The zero-order valence-electron chi connectivity index (χ0n) is 20.3. The Labute approximate surface area is 199 Å². The average molecular weight is 466 g/mol. The molecule has 34 heavy (non-hydrogen) atoms. The van der Waals surface area contributed by atoms with Crippen molar-refractivity contribution in [2.45, 2.75) is 53.1 Å². The first-order valence-corrected chi connectivity index (χ1v) is 11.5. The third-order valence-corrected chi connectivity index (χ3v) is 6.14. The van der Waals surface area contributed by atoms with Crippen LogP contribution in [-0.4, -0.2) is 25.5 Å². The molecule has 0 spiro atoms. The summed E-state index contributed by atoms with van der Waals surface area (Å²) in [6.07, 6.45) is 1.12. The van der Waals surface area contributed by atoms with Gasteiger partial charge in [-0.25, -0.2) is 4.79 Å². The second-order valence-corrected chi connectivity index (χ2v) is 9.42. The van der Waals surface area contributed by atoms with E-state index in [1.165, 1.54) is 0 Å². The van der Waals surface area contributed by atoms with Gasteiger partial charge in [0.2, 0.25) is 0 Å². The van der Waals surface area contributed by atoms with E-state index in [0.29, 0.717) is 47.0 Å². The predicted octanol–water partition coefficient (Wildman–Crippen LogP) is 5.03. The number of Topliss-reactive ketones (excluding diaryl/α,β-unsaturated/α-hetero) is 1. The second-order valence-electron chi connectivity index (χ2n) is 9.42. The molecule has 2 aliphatic rings. The normalized spacial score (nSPS) is 19.4. The van der Waals surface area contributed by atoms with Crippen LogP contribution in [-0.2, 0) is 20.9 Å². The fourth-order valence-corrected chi connectivity index (χ4v) is 4.65. The van der Waals surface area contributed by atoms with Gasteiger partial charge in [-0.1, -0.05) is 13.8 Å². The number of benzene rings is 1. The lowest BCUT2D eigenvalue weighted by atomic mass is 9.69. The molecular formula is C27H31NO6. The molecule has 1 aromatic carbocycles. The minimum atomic E-state index is -0.617. The molecule has 2 heterocycles. The number of allylic oxidation sites excluding steroid dienone is 3. The highest BCUT2D eigenvalue weighted by Crippen LogP contribution is 2.47. The van der Waals surface area contributed by atoms with Crippen LogP contribution >= 0.6 is 0 Å². The Balaban J connectivity index is 1.65. The number of carbonyl (C=O) groups is 2. The Morgan fingerprint density at radius 2 is 1.82 bits per heavy atom. The number of hydrogen-bond donors (Lipinski definition) is 1. The molecule has 1 aliphatic heterocycles. The Hall–Kier alpha value is -3.48. The molecule has 7 heteroatoms. The van der Waals surface area contributed by atoms with Crippen molar-refractivity contribution in [2.75, 3.05) is 13.7 Å². The fraction of sp³-hybridized carbons (Fsp3) is 0.407. The molecule has 0 radical (unpaired) electrons. The van der Waals surface area contributed by atoms with Crippen LogP contribution in [0.5, 0.6) is 11.5 Å². The maximum atomic E-state index is 13.3. The van der Waals surface area contributed by atoms with Crippen LogP contribution in [0.1, 0.15) is 58.0 Å². The summed E-state index contributed by atoms with van der Waals surface area (Å²) in [7, 11) is 1.61. The molecule has 0 saturated carbocycles. The number of ether oxygens (including phenoxy) is 3. The first-order valence-electron chi connectivity index (χ1n) is 11.5. The molecule has 0 unspecified atom stereocenters. The van der Waals surface area contributed by atoms with Gasteiger partial charge in [0.05, 0.1) is 25.2 Å². The number of methoxy groups -OCH3 is 1. The van der Waals surface area contributed by atoms with Gasteiger partial charge in [-0.2, -0.15) is 0 Å². The summed E-state index contributed by atoms with van der Waals surface area (Å²) in [5.74, 6) is 1.50. The van der Waals surface area contributed by atoms with Crippen molar-refractivity contribution in [1.29, 1.82) is 0 Å². The van der Waals surface area contributed by atoms with E-state index in [1.807, 2.05) is 43.3 Å². The van der Waals surface area contributed by atoms with Crippen molar-refractivity contribution in [3.63, 3.8) is 0 Å². The summed E-state index contributed by atoms with van der Waals surface area (Å²) in [6, 6.07) is 10.9. The molecule has 180 valence electrons. The van der Waals surface area contributed by atoms with E-state index in [0.717, 1.165) is 11.4 Å². The van der Waals surface area contributed by atoms with E-state index in [9.17, 15) is 9.59 Å². The molecule has 0 fully saturated rings. The largest absolute Gasteiger partial charge is 0.497 e. The van der Waals surface area contributed by atoms with E-state index in [4.69, 9.17) is 18.6 Å². The van der Waals surface area contributed by atoms with Crippen LogP contribution in [0.2, 0.25) is 0 Å².